The molecule has 0 bridgehead atoms. The minimum atomic E-state index is -1.18. The maximum absolute atomic E-state index is 11.6. The molecule has 0 fully saturated rings. The minimum absolute atomic E-state index is 0.306. The lowest BCUT2D eigenvalue weighted by Crippen LogP contribution is -1.92. The largest absolute Gasteiger partial charge is 0.359 e. The molecule has 1 rings (SSSR count). The zero-order valence-electron chi connectivity index (χ0n) is 3.10. The first-order valence-electron chi connectivity index (χ1n) is 1.71. The van der Waals surface area contributed by atoms with Crippen molar-refractivity contribution in [2.75, 3.05) is 0 Å². The maximum Gasteiger partial charge on any atom is 0.269 e. The first-order valence-corrected chi connectivity index (χ1v) is 1.71. The van der Waals surface area contributed by atoms with Crippen LogP contribution in [-0.4, -0.2) is 12.6 Å². The summed E-state index contributed by atoms with van der Waals surface area (Å²) in [7, 11) is 0. The fraction of sp³-hybridized carbons (Fsp3) is 0.667. The molecule has 0 saturated carbocycles. The SMILES string of the molecule is FC1CC=NO1. The van der Waals surface area contributed by atoms with E-state index in [9.17, 15) is 4.39 Å². The van der Waals surface area contributed by atoms with Gasteiger partial charge in [0.1, 0.15) is 0 Å². The van der Waals surface area contributed by atoms with E-state index in [1.165, 1.54) is 6.21 Å². The van der Waals surface area contributed by atoms with Crippen LogP contribution in [0.5, 0.6) is 0 Å². The maximum atomic E-state index is 11.6. The van der Waals surface area contributed by atoms with Gasteiger partial charge in [-0.1, -0.05) is 5.16 Å². The van der Waals surface area contributed by atoms with Gasteiger partial charge in [-0.3, -0.25) is 0 Å². The first kappa shape index (κ1) is 3.59. The molecule has 0 aromatic rings. The lowest BCUT2D eigenvalue weighted by molar-refractivity contribution is -0.0117. The Kier molecular flexibility index (Phi) is 0.742. The predicted molar refractivity (Wildman–Crippen MR) is 19.1 cm³/mol. The zero-order valence-corrected chi connectivity index (χ0v) is 3.10. The summed E-state index contributed by atoms with van der Waals surface area (Å²) in [6.07, 6.45) is 0.537. The Balaban J connectivity index is 2.32. The fourth-order valence-electron chi connectivity index (χ4n) is 0.278. The van der Waals surface area contributed by atoms with Crippen LogP contribution in [0.25, 0.3) is 0 Å². The third kappa shape index (κ3) is 0.478. The molecule has 0 aliphatic carbocycles. The molecule has 1 aliphatic heterocycles. The van der Waals surface area contributed by atoms with Crippen LogP contribution in [0.1, 0.15) is 6.42 Å². The van der Waals surface area contributed by atoms with Crippen molar-refractivity contribution < 1.29 is 9.23 Å². The van der Waals surface area contributed by atoms with Crippen molar-refractivity contribution in [3.63, 3.8) is 0 Å². The van der Waals surface area contributed by atoms with Crippen molar-refractivity contribution >= 4 is 6.21 Å². The van der Waals surface area contributed by atoms with Gasteiger partial charge in [-0.15, -0.1) is 0 Å². The van der Waals surface area contributed by atoms with E-state index in [1.54, 1.807) is 0 Å². The van der Waals surface area contributed by atoms with Gasteiger partial charge in [0.25, 0.3) is 6.36 Å². The molecule has 3 heteroatoms. The molecular formula is C3H4FNO. The Bertz CT molecular complexity index is 65.2. The third-order valence-corrected chi connectivity index (χ3v) is 0.540. The lowest BCUT2D eigenvalue weighted by Gasteiger charge is -1.88. The standard InChI is InChI=1S/C3H4FNO/c4-3-1-2-5-6-3/h2-3H,1H2. The summed E-state index contributed by atoms with van der Waals surface area (Å²) in [4.78, 5) is 4.06. The van der Waals surface area contributed by atoms with Gasteiger partial charge >= 0.3 is 0 Å². The second kappa shape index (κ2) is 1.24. The van der Waals surface area contributed by atoms with Crippen molar-refractivity contribution in [1.29, 1.82) is 0 Å². The van der Waals surface area contributed by atoms with Crippen LogP contribution in [0.4, 0.5) is 4.39 Å². The molecule has 1 heterocycles. The van der Waals surface area contributed by atoms with Crippen LogP contribution in [0.15, 0.2) is 5.16 Å². The first-order chi connectivity index (χ1) is 2.89. The van der Waals surface area contributed by atoms with Crippen molar-refractivity contribution in [2.45, 2.75) is 12.8 Å². The molecule has 0 aromatic carbocycles. The quantitative estimate of drug-likeness (QED) is 0.427. The molecule has 34 valence electrons. The summed E-state index contributed by atoms with van der Waals surface area (Å²) in [6.45, 7) is 0. The summed E-state index contributed by atoms with van der Waals surface area (Å²) in [5.41, 5.74) is 0. The van der Waals surface area contributed by atoms with Crippen molar-refractivity contribution in [3.8, 4) is 0 Å². The Labute approximate surface area is 34.6 Å². The van der Waals surface area contributed by atoms with E-state index in [-0.39, 0.29) is 0 Å². The van der Waals surface area contributed by atoms with Crippen molar-refractivity contribution in [1.82, 2.24) is 0 Å². The monoisotopic (exact) mass is 89.0 g/mol. The molecule has 0 saturated heterocycles. The fourth-order valence-corrected chi connectivity index (χ4v) is 0.278. The second-order valence-corrected chi connectivity index (χ2v) is 1.04. The van der Waals surface area contributed by atoms with E-state index in [0.717, 1.165) is 0 Å². The highest BCUT2D eigenvalue weighted by Gasteiger charge is 2.07. The van der Waals surface area contributed by atoms with Crippen molar-refractivity contribution in [3.05, 3.63) is 0 Å². The van der Waals surface area contributed by atoms with Crippen LogP contribution in [-0.2, 0) is 4.84 Å². The summed E-state index contributed by atoms with van der Waals surface area (Å²) < 4.78 is 11.6. The molecule has 0 N–H and O–H groups in total. The van der Waals surface area contributed by atoms with E-state index in [0.29, 0.717) is 6.42 Å². The normalized spacial score (nSPS) is 30.5. The summed E-state index contributed by atoms with van der Waals surface area (Å²) in [5, 5.41) is 3.16. The van der Waals surface area contributed by atoms with Gasteiger partial charge in [0.2, 0.25) is 0 Å². The van der Waals surface area contributed by atoms with E-state index in [4.69, 9.17) is 0 Å². The molecule has 1 aliphatic rings. The number of hydrogen-bond donors (Lipinski definition) is 0. The van der Waals surface area contributed by atoms with E-state index in [1.807, 2.05) is 0 Å². The van der Waals surface area contributed by atoms with Gasteiger partial charge in [0.15, 0.2) is 0 Å². The van der Waals surface area contributed by atoms with Crippen molar-refractivity contribution in [2.24, 2.45) is 5.16 Å². The molecular weight excluding hydrogens is 85.0 g/mol. The number of rotatable bonds is 0. The summed E-state index contributed by atoms with van der Waals surface area (Å²) in [6, 6.07) is 0. The minimum Gasteiger partial charge on any atom is -0.359 e. The van der Waals surface area contributed by atoms with E-state index < -0.39 is 6.36 Å². The van der Waals surface area contributed by atoms with Gasteiger partial charge in [0.05, 0.1) is 12.6 Å². The number of oxime groups is 1. The number of nitrogens with zero attached hydrogens (tertiary/aromatic N) is 1. The van der Waals surface area contributed by atoms with Crippen LogP contribution in [0, 0.1) is 0 Å². The third-order valence-electron chi connectivity index (χ3n) is 0.540. The highest BCUT2D eigenvalue weighted by molar-refractivity contribution is 5.57. The van der Waals surface area contributed by atoms with Crippen LogP contribution < -0.4 is 0 Å². The summed E-state index contributed by atoms with van der Waals surface area (Å²) >= 11 is 0. The second-order valence-electron chi connectivity index (χ2n) is 1.04. The van der Waals surface area contributed by atoms with Gasteiger partial charge in [-0.25, -0.2) is 0 Å². The Hall–Kier alpha value is -0.600. The zero-order chi connectivity index (χ0) is 4.41. The average molecular weight is 89.1 g/mol. The predicted octanol–water partition coefficient (Wildman–Crippen LogP) is 0.688. The molecule has 0 radical (unpaired) electrons. The van der Waals surface area contributed by atoms with Crippen LogP contribution in [0.3, 0.4) is 0 Å². The van der Waals surface area contributed by atoms with Crippen LogP contribution in [0.2, 0.25) is 0 Å². The van der Waals surface area contributed by atoms with Crippen LogP contribution >= 0.6 is 0 Å². The number of halogens is 1. The average Bonchev–Trinajstić information content (AvgIpc) is 1.86. The topological polar surface area (TPSA) is 21.6 Å². The van der Waals surface area contributed by atoms with Gasteiger partial charge in [0, 0.05) is 0 Å². The van der Waals surface area contributed by atoms with E-state index >= 15 is 0 Å². The summed E-state index contributed by atoms with van der Waals surface area (Å²) in [5.74, 6) is 0. The lowest BCUT2D eigenvalue weighted by atomic mass is 10.5. The molecule has 0 amide bonds. The van der Waals surface area contributed by atoms with Gasteiger partial charge in [-0.2, -0.15) is 4.39 Å². The molecule has 1 atom stereocenters. The Morgan fingerprint density at radius 1 is 2.00 bits per heavy atom. The molecule has 1 unspecified atom stereocenters. The van der Waals surface area contributed by atoms with Gasteiger partial charge in [-0.05, 0) is 0 Å². The highest BCUT2D eigenvalue weighted by Crippen LogP contribution is 2.03. The Morgan fingerprint density at radius 2 is 2.83 bits per heavy atom. The Morgan fingerprint density at radius 3 is 3.00 bits per heavy atom. The number of hydrogen-bond acceptors (Lipinski definition) is 2. The van der Waals surface area contributed by atoms with E-state index in [2.05, 4.69) is 9.99 Å². The molecule has 6 heavy (non-hydrogen) atoms. The molecule has 0 aromatic heterocycles. The molecule has 0 spiro atoms. The van der Waals surface area contributed by atoms with Gasteiger partial charge < -0.3 is 4.84 Å². The number of alkyl halides is 1. The molecule has 2 nitrogen and oxygen atoms in total. The highest BCUT2D eigenvalue weighted by atomic mass is 19.1. The smallest absolute Gasteiger partial charge is 0.269 e.